The van der Waals surface area contributed by atoms with Gasteiger partial charge in [0.2, 0.25) is 0 Å². The quantitative estimate of drug-likeness (QED) is 0.690. The summed E-state index contributed by atoms with van der Waals surface area (Å²) in [7, 11) is 0. The van der Waals surface area contributed by atoms with E-state index in [1.165, 1.54) is 32.0 Å². The Hall–Kier alpha value is -1.51. The first-order valence-electron chi connectivity index (χ1n) is 4.28. The lowest BCUT2D eigenvalue weighted by molar-refractivity contribution is -0.126. The highest BCUT2D eigenvalue weighted by Gasteiger charge is 2.21. The van der Waals surface area contributed by atoms with Gasteiger partial charge < -0.3 is 0 Å². The van der Waals surface area contributed by atoms with Crippen LogP contribution in [0, 0.1) is 5.82 Å². The van der Waals surface area contributed by atoms with Crippen LogP contribution in [0.5, 0.6) is 0 Å². The van der Waals surface area contributed by atoms with E-state index in [0.717, 1.165) is 0 Å². The van der Waals surface area contributed by atoms with Gasteiger partial charge in [0.15, 0.2) is 0 Å². The maximum Gasteiger partial charge on any atom is 0.144 e. The predicted molar refractivity (Wildman–Crippen MR) is 50.5 cm³/mol. The Bertz CT molecular complexity index is 357. The number of halogens is 1. The molecule has 0 N–H and O–H groups in total. The number of benzene rings is 1. The zero-order valence-electron chi connectivity index (χ0n) is 8.08. The summed E-state index contributed by atoms with van der Waals surface area (Å²) in [5, 5.41) is 0. The van der Waals surface area contributed by atoms with Crippen molar-refractivity contribution in [1.82, 2.24) is 0 Å². The summed E-state index contributed by atoms with van der Waals surface area (Å²) in [6, 6.07) is 5.56. The van der Waals surface area contributed by atoms with Crippen LogP contribution in [0.25, 0.3) is 0 Å². The summed E-state index contributed by atoms with van der Waals surface area (Å²) in [5.74, 6) is -1.79. The summed E-state index contributed by atoms with van der Waals surface area (Å²) in [6.45, 7) is 2.66. The summed E-state index contributed by atoms with van der Waals surface area (Å²) in [6.07, 6.45) is 0. The van der Waals surface area contributed by atoms with Crippen molar-refractivity contribution < 1.29 is 14.0 Å². The maximum atomic E-state index is 12.8. The molecular weight excluding hydrogens is 183 g/mol. The number of carbonyl (C=O) groups is 2. The Kier molecular flexibility index (Phi) is 3.12. The van der Waals surface area contributed by atoms with Crippen molar-refractivity contribution in [3.8, 4) is 0 Å². The van der Waals surface area contributed by atoms with Crippen molar-refractivity contribution in [2.45, 2.75) is 19.8 Å². The molecule has 2 nitrogen and oxygen atoms in total. The maximum absolute atomic E-state index is 12.8. The second-order valence-electron chi connectivity index (χ2n) is 3.21. The minimum atomic E-state index is -0.828. The van der Waals surface area contributed by atoms with E-state index < -0.39 is 11.7 Å². The van der Waals surface area contributed by atoms with Crippen LogP contribution >= 0.6 is 0 Å². The molecule has 0 aromatic heterocycles. The van der Waals surface area contributed by atoms with Gasteiger partial charge in [-0.25, -0.2) is 4.39 Å². The molecule has 14 heavy (non-hydrogen) atoms. The fourth-order valence-corrected chi connectivity index (χ4v) is 1.44. The fraction of sp³-hybridized carbons (Fsp3) is 0.273. The fourth-order valence-electron chi connectivity index (χ4n) is 1.44. The second-order valence-corrected chi connectivity index (χ2v) is 3.21. The van der Waals surface area contributed by atoms with E-state index in [2.05, 4.69) is 0 Å². The van der Waals surface area contributed by atoms with Crippen LogP contribution in [0.2, 0.25) is 0 Å². The molecule has 0 amide bonds. The summed E-state index contributed by atoms with van der Waals surface area (Å²) in [5.41, 5.74) is 0.421. The van der Waals surface area contributed by atoms with Crippen molar-refractivity contribution in [3.63, 3.8) is 0 Å². The van der Waals surface area contributed by atoms with Crippen molar-refractivity contribution in [2.75, 3.05) is 0 Å². The summed E-state index contributed by atoms with van der Waals surface area (Å²) >= 11 is 0. The first-order chi connectivity index (χ1) is 6.52. The Labute approximate surface area is 81.7 Å². The lowest BCUT2D eigenvalue weighted by atomic mass is 9.92. The molecule has 0 bridgehead atoms. The Morgan fingerprint density at radius 1 is 1.21 bits per heavy atom. The molecule has 1 rings (SSSR count). The van der Waals surface area contributed by atoms with E-state index in [9.17, 15) is 14.0 Å². The molecule has 0 saturated heterocycles. The van der Waals surface area contributed by atoms with Crippen LogP contribution in [0.4, 0.5) is 4.39 Å². The van der Waals surface area contributed by atoms with Gasteiger partial charge in [-0.05, 0) is 31.5 Å². The molecule has 0 fully saturated rings. The highest BCUT2D eigenvalue weighted by Crippen LogP contribution is 2.18. The van der Waals surface area contributed by atoms with Gasteiger partial charge in [-0.2, -0.15) is 0 Å². The van der Waals surface area contributed by atoms with Gasteiger partial charge in [-0.15, -0.1) is 0 Å². The van der Waals surface area contributed by atoms with Gasteiger partial charge in [0.25, 0.3) is 0 Å². The monoisotopic (exact) mass is 194 g/mol. The average molecular weight is 194 g/mol. The molecule has 0 heterocycles. The van der Waals surface area contributed by atoms with Crippen LogP contribution in [0.3, 0.4) is 0 Å². The van der Waals surface area contributed by atoms with Crippen LogP contribution < -0.4 is 0 Å². The minimum absolute atomic E-state index is 0.261. The molecule has 0 aliphatic heterocycles. The highest BCUT2D eigenvalue weighted by molar-refractivity contribution is 6.05. The summed E-state index contributed by atoms with van der Waals surface area (Å²) in [4.78, 5) is 22.3. The largest absolute Gasteiger partial charge is 0.299 e. The Balaban J connectivity index is 3.12. The summed E-state index contributed by atoms with van der Waals surface area (Å²) < 4.78 is 12.8. The van der Waals surface area contributed by atoms with E-state index >= 15 is 0 Å². The van der Waals surface area contributed by atoms with Crippen molar-refractivity contribution >= 4 is 11.6 Å². The van der Waals surface area contributed by atoms with Crippen LogP contribution in [-0.4, -0.2) is 11.6 Å². The van der Waals surface area contributed by atoms with E-state index in [1.807, 2.05) is 0 Å². The molecule has 1 aromatic carbocycles. The number of hydrogen-bond acceptors (Lipinski definition) is 2. The third-order valence-electron chi connectivity index (χ3n) is 2.00. The molecule has 0 radical (unpaired) electrons. The lowest BCUT2D eigenvalue weighted by Gasteiger charge is -2.09. The number of ketones is 2. The SMILES string of the molecule is CC(=O)C(C(C)=O)c1cccc(F)c1. The van der Waals surface area contributed by atoms with E-state index in [0.29, 0.717) is 5.56 Å². The minimum Gasteiger partial charge on any atom is -0.299 e. The van der Waals surface area contributed by atoms with Crippen molar-refractivity contribution in [1.29, 1.82) is 0 Å². The van der Waals surface area contributed by atoms with Crippen molar-refractivity contribution in [2.24, 2.45) is 0 Å². The second kappa shape index (κ2) is 4.13. The number of rotatable bonds is 3. The molecule has 0 aliphatic carbocycles. The van der Waals surface area contributed by atoms with Gasteiger partial charge in [-0.1, -0.05) is 12.1 Å². The highest BCUT2D eigenvalue weighted by atomic mass is 19.1. The molecule has 0 saturated carbocycles. The van der Waals surface area contributed by atoms with Crippen molar-refractivity contribution in [3.05, 3.63) is 35.6 Å². The van der Waals surface area contributed by atoms with Gasteiger partial charge in [0, 0.05) is 0 Å². The molecule has 74 valence electrons. The third kappa shape index (κ3) is 2.25. The first kappa shape index (κ1) is 10.6. The number of hydrogen-bond donors (Lipinski definition) is 0. The van der Waals surface area contributed by atoms with Gasteiger partial charge in [0.1, 0.15) is 23.3 Å². The third-order valence-corrected chi connectivity index (χ3v) is 2.00. The average Bonchev–Trinajstić information content (AvgIpc) is 2.02. The van der Waals surface area contributed by atoms with Gasteiger partial charge in [0.05, 0.1) is 0 Å². The molecule has 0 spiro atoms. The molecular formula is C11H11FO2. The molecule has 0 aliphatic rings. The standard InChI is InChI=1S/C11H11FO2/c1-7(13)11(8(2)14)9-4-3-5-10(12)6-9/h3-6,11H,1-2H3. The zero-order valence-corrected chi connectivity index (χ0v) is 8.08. The molecule has 1 aromatic rings. The first-order valence-corrected chi connectivity index (χ1v) is 4.28. The lowest BCUT2D eigenvalue weighted by Crippen LogP contribution is -2.17. The van der Waals surface area contributed by atoms with E-state index in [1.54, 1.807) is 6.07 Å². The number of carbonyl (C=O) groups excluding carboxylic acids is 2. The van der Waals surface area contributed by atoms with Gasteiger partial charge in [-0.3, -0.25) is 9.59 Å². The topological polar surface area (TPSA) is 34.1 Å². The molecule has 0 atom stereocenters. The Morgan fingerprint density at radius 3 is 2.21 bits per heavy atom. The smallest absolute Gasteiger partial charge is 0.144 e. The molecule has 0 unspecified atom stereocenters. The van der Waals surface area contributed by atoms with E-state index in [-0.39, 0.29) is 11.6 Å². The Morgan fingerprint density at radius 2 is 1.79 bits per heavy atom. The normalized spacial score (nSPS) is 10.3. The predicted octanol–water partition coefficient (Wildman–Crippen LogP) is 2.09. The van der Waals surface area contributed by atoms with E-state index in [4.69, 9.17) is 0 Å². The zero-order chi connectivity index (χ0) is 10.7. The van der Waals surface area contributed by atoms with Crippen LogP contribution in [0.15, 0.2) is 24.3 Å². The van der Waals surface area contributed by atoms with Gasteiger partial charge >= 0.3 is 0 Å². The number of Topliss-reactive ketones (excluding diaryl/α,β-unsaturated/α-hetero) is 2. The van der Waals surface area contributed by atoms with Crippen LogP contribution in [-0.2, 0) is 9.59 Å². The molecule has 3 heteroatoms. The van der Waals surface area contributed by atoms with Crippen LogP contribution in [0.1, 0.15) is 25.3 Å².